The van der Waals surface area contributed by atoms with Crippen molar-refractivity contribution in [3.05, 3.63) is 29.3 Å². The maximum absolute atomic E-state index is 12.5. The Morgan fingerprint density at radius 3 is 2.50 bits per heavy atom. The van der Waals surface area contributed by atoms with Gasteiger partial charge < -0.3 is 9.47 Å². The van der Waals surface area contributed by atoms with Gasteiger partial charge >= 0.3 is 6.18 Å². The first-order chi connectivity index (χ1) is 9.34. The highest BCUT2D eigenvalue weighted by molar-refractivity contribution is 5.46. The summed E-state index contributed by atoms with van der Waals surface area (Å²) in [6.45, 7) is 5.10. The molecule has 0 amide bonds. The van der Waals surface area contributed by atoms with Gasteiger partial charge in [0.2, 0.25) is 0 Å². The number of alkyl halides is 3. The number of hydrogen-bond acceptors (Lipinski definition) is 3. The van der Waals surface area contributed by atoms with Gasteiger partial charge in [-0.1, -0.05) is 13.8 Å². The van der Waals surface area contributed by atoms with Crippen LogP contribution in [0.15, 0.2) is 18.2 Å². The van der Waals surface area contributed by atoms with E-state index in [-0.39, 0.29) is 17.9 Å². The topological polar surface area (TPSA) is 42.2 Å². The maximum Gasteiger partial charge on any atom is 0.416 e. The molecule has 3 nitrogen and oxygen atoms in total. The fourth-order valence-corrected chi connectivity index (χ4v) is 1.45. The van der Waals surface area contributed by atoms with Crippen molar-refractivity contribution < 1.29 is 22.6 Å². The van der Waals surface area contributed by atoms with Crippen LogP contribution in [0.3, 0.4) is 0 Å². The molecule has 0 unspecified atom stereocenters. The molecule has 0 spiro atoms. The van der Waals surface area contributed by atoms with Crippen molar-refractivity contribution in [3.63, 3.8) is 0 Å². The molecule has 1 rings (SSSR count). The molecule has 0 aliphatic heterocycles. The summed E-state index contributed by atoms with van der Waals surface area (Å²) in [5.41, 5.74) is -0.999. The van der Waals surface area contributed by atoms with Crippen LogP contribution in [0, 0.1) is 17.2 Å². The average Bonchev–Trinajstić information content (AvgIpc) is 2.36. The number of rotatable bonds is 6. The molecule has 0 saturated carbocycles. The molecule has 0 aromatic heterocycles. The van der Waals surface area contributed by atoms with Crippen molar-refractivity contribution >= 4 is 0 Å². The third kappa shape index (κ3) is 5.10. The van der Waals surface area contributed by atoms with E-state index in [2.05, 4.69) is 0 Å². The van der Waals surface area contributed by atoms with E-state index in [0.29, 0.717) is 19.1 Å². The monoisotopic (exact) mass is 287 g/mol. The van der Waals surface area contributed by atoms with Crippen LogP contribution in [0.4, 0.5) is 13.2 Å². The Hall–Kier alpha value is -1.74. The van der Waals surface area contributed by atoms with Crippen LogP contribution in [0.2, 0.25) is 0 Å². The minimum Gasteiger partial charge on any atom is -0.490 e. The van der Waals surface area contributed by atoms with Crippen molar-refractivity contribution in [3.8, 4) is 11.8 Å². The zero-order valence-electron chi connectivity index (χ0n) is 11.3. The fourth-order valence-electron chi connectivity index (χ4n) is 1.45. The normalized spacial score (nSPS) is 11.4. The summed E-state index contributed by atoms with van der Waals surface area (Å²) in [4.78, 5) is 0. The Balaban J connectivity index is 2.61. The van der Waals surface area contributed by atoms with Gasteiger partial charge in [0, 0.05) is 6.61 Å². The molecule has 0 saturated heterocycles. The Bertz CT molecular complexity index is 478. The maximum atomic E-state index is 12.5. The van der Waals surface area contributed by atoms with Gasteiger partial charge in [-0.3, -0.25) is 0 Å². The molecular weight excluding hydrogens is 271 g/mol. The van der Waals surface area contributed by atoms with E-state index in [4.69, 9.17) is 14.7 Å². The van der Waals surface area contributed by atoms with E-state index in [1.807, 2.05) is 13.8 Å². The van der Waals surface area contributed by atoms with E-state index >= 15 is 0 Å². The van der Waals surface area contributed by atoms with Gasteiger partial charge in [0.1, 0.15) is 18.4 Å². The number of benzene rings is 1. The molecule has 0 radical (unpaired) electrons. The molecule has 0 heterocycles. The SMILES string of the molecule is CC(C)COCCOc1ccc(C(F)(F)F)cc1C#N. The summed E-state index contributed by atoms with van der Waals surface area (Å²) in [6.07, 6.45) is -4.47. The smallest absolute Gasteiger partial charge is 0.416 e. The second kappa shape index (κ2) is 7.15. The Morgan fingerprint density at radius 1 is 1.25 bits per heavy atom. The highest BCUT2D eigenvalue weighted by Crippen LogP contribution is 2.32. The molecular formula is C14H16F3NO2. The first-order valence-corrected chi connectivity index (χ1v) is 6.16. The lowest BCUT2D eigenvalue weighted by atomic mass is 10.1. The third-order valence-corrected chi connectivity index (χ3v) is 2.36. The zero-order valence-corrected chi connectivity index (χ0v) is 11.3. The summed E-state index contributed by atoms with van der Waals surface area (Å²) >= 11 is 0. The number of nitriles is 1. The third-order valence-electron chi connectivity index (χ3n) is 2.36. The minimum atomic E-state index is -4.47. The van der Waals surface area contributed by atoms with E-state index in [9.17, 15) is 13.2 Å². The van der Waals surface area contributed by atoms with E-state index in [1.165, 1.54) is 0 Å². The Morgan fingerprint density at radius 2 is 1.95 bits per heavy atom. The van der Waals surface area contributed by atoms with Gasteiger partial charge in [-0.2, -0.15) is 18.4 Å². The van der Waals surface area contributed by atoms with E-state index in [0.717, 1.165) is 18.2 Å². The van der Waals surface area contributed by atoms with Gasteiger partial charge in [-0.25, -0.2) is 0 Å². The molecule has 110 valence electrons. The lowest BCUT2D eigenvalue weighted by molar-refractivity contribution is -0.137. The second-order valence-corrected chi connectivity index (χ2v) is 4.64. The van der Waals surface area contributed by atoms with Crippen LogP contribution in [0.25, 0.3) is 0 Å². The predicted molar refractivity (Wildman–Crippen MR) is 67.3 cm³/mol. The van der Waals surface area contributed by atoms with Crippen molar-refractivity contribution in [1.29, 1.82) is 5.26 Å². The lowest BCUT2D eigenvalue weighted by Crippen LogP contribution is -2.11. The van der Waals surface area contributed by atoms with Gasteiger partial charge in [0.15, 0.2) is 0 Å². The number of halogens is 3. The number of nitrogens with zero attached hydrogens (tertiary/aromatic N) is 1. The van der Waals surface area contributed by atoms with Crippen LogP contribution in [0.1, 0.15) is 25.0 Å². The quantitative estimate of drug-likeness (QED) is 0.750. The average molecular weight is 287 g/mol. The molecule has 1 aromatic rings. The first-order valence-electron chi connectivity index (χ1n) is 6.16. The first kappa shape index (κ1) is 16.3. The molecule has 0 N–H and O–H groups in total. The van der Waals surface area contributed by atoms with Crippen molar-refractivity contribution in [2.45, 2.75) is 20.0 Å². The van der Waals surface area contributed by atoms with E-state index in [1.54, 1.807) is 6.07 Å². The molecule has 0 fully saturated rings. The van der Waals surface area contributed by atoms with Crippen LogP contribution < -0.4 is 4.74 Å². The molecule has 20 heavy (non-hydrogen) atoms. The summed E-state index contributed by atoms with van der Waals surface area (Å²) in [5.74, 6) is 0.532. The number of ether oxygens (including phenoxy) is 2. The number of hydrogen-bond donors (Lipinski definition) is 0. The van der Waals surface area contributed by atoms with Crippen LogP contribution in [-0.2, 0) is 10.9 Å². The van der Waals surface area contributed by atoms with Crippen LogP contribution in [-0.4, -0.2) is 19.8 Å². The fraction of sp³-hybridized carbons (Fsp3) is 0.500. The Labute approximate surface area is 115 Å². The Kier molecular flexibility index (Phi) is 5.83. The van der Waals surface area contributed by atoms with Gasteiger partial charge in [-0.05, 0) is 24.1 Å². The van der Waals surface area contributed by atoms with E-state index < -0.39 is 11.7 Å². The summed E-state index contributed by atoms with van der Waals surface area (Å²) < 4.78 is 48.0. The summed E-state index contributed by atoms with van der Waals surface area (Å²) in [7, 11) is 0. The van der Waals surface area contributed by atoms with Crippen molar-refractivity contribution in [2.24, 2.45) is 5.92 Å². The van der Waals surface area contributed by atoms with Crippen LogP contribution in [0.5, 0.6) is 5.75 Å². The highest BCUT2D eigenvalue weighted by Gasteiger charge is 2.31. The second-order valence-electron chi connectivity index (χ2n) is 4.64. The largest absolute Gasteiger partial charge is 0.490 e. The van der Waals surface area contributed by atoms with Gasteiger partial charge in [0.05, 0.1) is 17.7 Å². The molecule has 0 aliphatic rings. The molecule has 0 atom stereocenters. The predicted octanol–water partition coefficient (Wildman–Crippen LogP) is 3.63. The summed E-state index contributed by atoms with van der Waals surface area (Å²) in [6, 6.07) is 4.53. The molecule has 1 aromatic carbocycles. The van der Waals surface area contributed by atoms with Crippen molar-refractivity contribution in [2.75, 3.05) is 19.8 Å². The highest BCUT2D eigenvalue weighted by atomic mass is 19.4. The van der Waals surface area contributed by atoms with Crippen molar-refractivity contribution in [1.82, 2.24) is 0 Å². The van der Waals surface area contributed by atoms with Crippen LogP contribution >= 0.6 is 0 Å². The lowest BCUT2D eigenvalue weighted by Gasteiger charge is -2.12. The van der Waals surface area contributed by atoms with Gasteiger partial charge in [0.25, 0.3) is 0 Å². The summed E-state index contributed by atoms with van der Waals surface area (Å²) in [5, 5.41) is 8.86. The molecule has 0 aliphatic carbocycles. The molecule has 0 bridgehead atoms. The minimum absolute atomic E-state index is 0.133. The zero-order chi connectivity index (χ0) is 15.2. The standard InChI is InChI=1S/C14H16F3NO2/c1-10(2)9-19-5-6-20-13-4-3-12(14(15,16)17)7-11(13)8-18/h3-4,7,10H,5-6,9H2,1-2H3. The molecule has 6 heteroatoms. The van der Waals surface area contributed by atoms with Gasteiger partial charge in [-0.15, -0.1) is 0 Å².